The molecule has 0 amide bonds. The van der Waals surface area contributed by atoms with Gasteiger partial charge in [-0.25, -0.2) is 4.98 Å². The smallest absolute Gasteiger partial charge is 0.356 e. The van der Waals surface area contributed by atoms with Crippen molar-refractivity contribution in [2.75, 3.05) is 34.2 Å². The normalized spacial score (nSPS) is 18.0. The summed E-state index contributed by atoms with van der Waals surface area (Å²) < 4.78 is 37.8. The van der Waals surface area contributed by atoms with E-state index in [1.807, 2.05) is 0 Å². The average Bonchev–Trinajstić information content (AvgIpc) is 3.10. The van der Waals surface area contributed by atoms with E-state index in [9.17, 15) is 13.2 Å². The molecule has 1 aromatic rings. The number of halogens is 3. The van der Waals surface area contributed by atoms with Crippen molar-refractivity contribution in [3.63, 3.8) is 0 Å². The molecule has 0 aliphatic heterocycles. The van der Waals surface area contributed by atoms with Gasteiger partial charge in [-0.1, -0.05) is 19.3 Å². The Morgan fingerprint density at radius 3 is 2.56 bits per heavy atom. The minimum absolute atomic E-state index is 0.432. The van der Waals surface area contributed by atoms with Crippen LogP contribution in [-0.4, -0.2) is 56.1 Å². The number of aliphatic imine (C=N–C) groups is 1. The Morgan fingerprint density at radius 1 is 1.30 bits per heavy atom. The standard InChI is InChI=1S/C18H30F3N5S/c1-22-17(23-10-9-16-25-15(12-27-16)18(19,20)21)24-11-14(26(2)3)13-7-5-4-6-8-13/h12-14H,4-11H2,1-3H3,(H2,22,23,24). The van der Waals surface area contributed by atoms with Crippen LogP contribution in [-0.2, 0) is 12.6 Å². The summed E-state index contributed by atoms with van der Waals surface area (Å²) in [5, 5.41) is 8.07. The summed E-state index contributed by atoms with van der Waals surface area (Å²) in [5.41, 5.74) is -0.814. The van der Waals surface area contributed by atoms with Gasteiger partial charge in [0.2, 0.25) is 0 Å². The van der Waals surface area contributed by atoms with Crippen LogP contribution >= 0.6 is 11.3 Å². The van der Waals surface area contributed by atoms with Crippen LogP contribution in [0.25, 0.3) is 0 Å². The molecule has 1 heterocycles. The van der Waals surface area contributed by atoms with E-state index in [2.05, 4.69) is 39.6 Å². The molecule has 9 heteroatoms. The minimum Gasteiger partial charge on any atom is -0.356 e. The van der Waals surface area contributed by atoms with E-state index in [1.54, 1.807) is 7.05 Å². The van der Waals surface area contributed by atoms with Gasteiger partial charge in [-0.05, 0) is 32.9 Å². The fourth-order valence-corrected chi connectivity index (χ4v) is 4.36. The third-order valence-electron chi connectivity index (χ3n) is 5.03. The molecule has 0 radical (unpaired) electrons. The Hall–Kier alpha value is -1.35. The zero-order valence-corrected chi connectivity index (χ0v) is 17.1. The van der Waals surface area contributed by atoms with Gasteiger partial charge in [0.1, 0.15) is 0 Å². The molecule has 1 aromatic heterocycles. The van der Waals surface area contributed by atoms with Crippen LogP contribution in [0, 0.1) is 5.92 Å². The lowest BCUT2D eigenvalue weighted by atomic mass is 9.83. The number of likely N-dealkylation sites (N-methyl/N-ethyl adjacent to an activating group) is 1. The van der Waals surface area contributed by atoms with Crippen molar-refractivity contribution in [3.8, 4) is 0 Å². The molecule has 27 heavy (non-hydrogen) atoms. The molecule has 0 saturated heterocycles. The summed E-state index contributed by atoms with van der Waals surface area (Å²) >= 11 is 1.04. The van der Waals surface area contributed by atoms with Gasteiger partial charge < -0.3 is 15.5 Å². The highest BCUT2D eigenvalue weighted by Gasteiger charge is 2.33. The van der Waals surface area contributed by atoms with Crippen LogP contribution in [0.5, 0.6) is 0 Å². The van der Waals surface area contributed by atoms with E-state index in [0.717, 1.165) is 23.3 Å². The van der Waals surface area contributed by atoms with Crippen LogP contribution in [0.1, 0.15) is 42.8 Å². The Kier molecular flexibility index (Phi) is 8.34. The number of hydrogen-bond donors (Lipinski definition) is 2. The lowest BCUT2D eigenvalue weighted by molar-refractivity contribution is -0.140. The molecular formula is C18H30F3N5S. The van der Waals surface area contributed by atoms with Crippen LogP contribution in [0.3, 0.4) is 0 Å². The molecule has 2 rings (SSSR count). The minimum atomic E-state index is -4.37. The number of thiazole rings is 1. The first-order valence-corrected chi connectivity index (χ1v) is 10.3. The molecule has 2 N–H and O–H groups in total. The predicted molar refractivity (Wildman–Crippen MR) is 104 cm³/mol. The van der Waals surface area contributed by atoms with E-state index in [-0.39, 0.29) is 0 Å². The Bertz CT molecular complexity index is 594. The second-order valence-electron chi connectivity index (χ2n) is 7.18. The average molecular weight is 406 g/mol. The van der Waals surface area contributed by atoms with Crippen molar-refractivity contribution in [1.82, 2.24) is 20.5 Å². The van der Waals surface area contributed by atoms with E-state index in [4.69, 9.17) is 0 Å². The van der Waals surface area contributed by atoms with Gasteiger partial charge in [-0.3, -0.25) is 4.99 Å². The first-order valence-electron chi connectivity index (χ1n) is 9.43. The predicted octanol–water partition coefficient (Wildman–Crippen LogP) is 3.38. The highest BCUT2D eigenvalue weighted by atomic mass is 32.1. The van der Waals surface area contributed by atoms with Crippen LogP contribution in [0.2, 0.25) is 0 Å². The van der Waals surface area contributed by atoms with Crippen molar-refractivity contribution in [2.24, 2.45) is 10.9 Å². The van der Waals surface area contributed by atoms with E-state index in [0.29, 0.717) is 35.9 Å². The van der Waals surface area contributed by atoms with Crippen LogP contribution in [0.4, 0.5) is 13.2 Å². The van der Waals surface area contributed by atoms with Gasteiger partial charge in [0, 0.05) is 38.0 Å². The molecular weight excluding hydrogens is 375 g/mol. The SMILES string of the molecule is CN=C(NCCc1nc(C(F)(F)F)cs1)NCC(C1CCCCC1)N(C)C. The number of aromatic nitrogens is 1. The van der Waals surface area contributed by atoms with Gasteiger partial charge in [0.05, 0.1) is 5.01 Å². The molecule has 1 unspecified atom stereocenters. The van der Waals surface area contributed by atoms with Gasteiger partial charge in [0.15, 0.2) is 11.7 Å². The number of nitrogens with one attached hydrogen (secondary N) is 2. The Balaban J connectivity index is 1.78. The largest absolute Gasteiger partial charge is 0.434 e. The number of rotatable bonds is 7. The lowest BCUT2D eigenvalue weighted by Crippen LogP contribution is -2.48. The van der Waals surface area contributed by atoms with Gasteiger partial charge in [0.25, 0.3) is 0 Å². The quantitative estimate of drug-likeness (QED) is 0.539. The van der Waals surface area contributed by atoms with Gasteiger partial charge >= 0.3 is 6.18 Å². The number of hydrogen-bond acceptors (Lipinski definition) is 4. The fourth-order valence-electron chi connectivity index (χ4n) is 3.56. The topological polar surface area (TPSA) is 52.6 Å². The van der Waals surface area contributed by atoms with Crippen LogP contribution in [0.15, 0.2) is 10.4 Å². The molecule has 1 aliphatic carbocycles. The third-order valence-corrected chi connectivity index (χ3v) is 5.94. The zero-order chi connectivity index (χ0) is 19.9. The molecule has 154 valence electrons. The summed E-state index contributed by atoms with van der Waals surface area (Å²) in [6.45, 7) is 1.29. The summed E-state index contributed by atoms with van der Waals surface area (Å²) in [5.74, 6) is 1.36. The van der Waals surface area contributed by atoms with Crippen molar-refractivity contribution >= 4 is 17.3 Å². The van der Waals surface area contributed by atoms with Crippen molar-refractivity contribution < 1.29 is 13.2 Å². The van der Waals surface area contributed by atoms with Crippen LogP contribution < -0.4 is 10.6 Å². The number of alkyl halides is 3. The molecule has 1 fully saturated rings. The highest BCUT2D eigenvalue weighted by Crippen LogP contribution is 2.30. The van der Waals surface area contributed by atoms with Crippen molar-refractivity contribution in [3.05, 3.63) is 16.1 Å². The van der Waals surface area contributed by atoms with Gasteiger partial charge in [-0.15, -0.1) is 11.3 Å². The Labute approximate surface area is 163 Å². The van der Waals surface area contributed by atoms with E-state index in [1.165, 1.54) is 32.1 Å². The van der Waals surface area contributed by atoms with Crippen molar-refractivity contribution in [2.45, 2.75) is 50.7 Å². The second kappa shape index (κ2) is 10.3. The number of nitrogens with zero attached hydrogens (tertiary/aromatic N) is 3. The zero-order valence-electron chi connectivity index (χ0n) is 16.3. The molecule has 0 bridgehead atoms. The maximum Gasteiger partial charge on any atom is 0.434 e. The van der Waals surface area contributed by atoms with Crippen molar-refractivity contribution in [1.29, 1.82) is 0 Å². The lowest BCUT2D eigenvalue weighted by Gasteiger charge is -2.35. The molecule has 1 aliphatic rings. The summed E-state index contributed by atoms with van der Waals surface area (Å²) in [6, 6.07) is 0.442. The molecule has 0 aromatic carbocycles. The third kappa shape index (κ3) is 6.95. The second-order valence-corrected chi connectivity index (χ2v) is 8.13. The number of guanidine groups is 1. The summed E-state index contributed by atoms with van der Waals surface area (Å²) in [6.07, 6.45) is 2.52. The maximum absolute atomic E-state index is 12.6. The first kappa shape index (κ1) is 21.9. The van der Waals surface area contributed by atoms with E-state index >= 15 is 0 Å². The molecule has 1 atom stereocenters. The molecule has 0 spiro atoms. The fraction of sp³-hybridized carbons (Fsp3) is 0.778. The Morgan fingerprint density at radius 2 is 2.00 bits per heavy atom. The summed E-state index contributed by atoms with van der Waals surface area (Å²) in [7, 11) is 5.92. The molecule has 5 nitrogen and oxygen atoms in total. The first-order chi connectivity index (χ1) is 12.8. The maximum atomic E-state index is 12.6. The summed E-state index contributed by atoms with van der Waals surface area (Å²) in [4.78, 5) is 10.1. The molecule has 1 saturated carbocycles. The highest BCUT2D eigenvalue weighted by molar-refractivity contribution is 7.09. The monoisotopic (exact) mass is 405 g/mol. The van der Waals surface area contributed by atoms with E-state index < -0.39 is 11.9 Å². The van der Waals surface area contributed by atoms with Gasteiger partial charge in [-0.2, -0.15) is 13.2 Å².